The van der Waals surface area contributed by atoms with E-state index in [0.29, 0.717) is 0 Å². The van der Waals surface area contributed by atoms with Gasteiger partial charge in [-0.05, 0) is 61.1 Å². The molecular formula is C22H25F3N2O2. The average Bonchev–Trinajstić information content (AvgIpc) is 3.11. The number of nitrogens with zero attached hydrogens (tertiary/aromatic N) is 2. The summed E-state index contributed by atoms with van der Waals surface area (Å²) in [5, 5.41) is 0. The molecule has 0 aliphatic carbocycles. The van der Waals surface area contributed by atoms with Crippen molar-refractivity contribution in [1.29, 1.82) is 0 Å². The van der Waals surface area contributed by atoms with Crippen molar-refractivity contribution in [1.82, 2.24) is 0 Å². The van der Waals surface area contributed by atoms with Gasteiger partial charge in [-0.1, -0.05) is 12.1 Å². The quantitative estimate of drug-likeness (QED) is 0.706. The van der Waals surface area contributed by atoms with Gasteiger partial charge >= 0.3 is 6.36 Å². The van der Waals surface area contributed by atoms with Crippen LogP contribution in [0.5, 0.6) is 11.5 Å². The summed E-state index contributed by atoms with van der Waals surface area (Å²) >= 11 is 0. The van der Waals surface area contributed by atoms with Crippen LogP contribution in [0.15, 0.2) is 48.5 Å². The van der Waals surface area contributed by atoms with E-state index in [9.17, 15) is 13.2 Å². The molecule has 2 aromatic carbocycles. The van der Waals surface area contributed by atoms with Crippen molar-refractivity contribution in [2.75, 3.05) is 43.1 Å². The minimum atomic E-state index is -4.66. The summed E-state index contributed by atoms with van der Waals surface area (Å²) in [5.74, 6) is 0.720. The molecule has 2 aromatic rings. The Kier molecular flexibility index (Phi) is 5.23. The van der Waals surface area contributed by atoms with E-state index in [4.69, 9.17) is 4.74 Å². The van der Waals surface area contributed by atoms with Crippen LogP contribution in [0.2, 0.25) is 0 Å². The molecule has 0 aromatic heterocycles. The smallest absolute Gasteiger partial charge is 0.495 e. The zero-order valence-electron chi connectivity index (χ0n) is 16.4. The summed E-state index contributed by atoms with van der Waals surface area (Å²) in [4.78, 5) is 4.66. The molecule has 0 N–H and O–H groups in total. The maximum absolute atomic E-state index is 12.3. The maximum Gasteiger partial charge on any atom is 0.573 e. The standard InChI is InChI=1S/C22H25F3N2O2/c1-28-20-5-3-2-4-19(20)26-13-10-21(11-14-26)12-15-27(16-21)17-6-8-18(9-7-17)29-22(23,24)25/h2-9H,10-16H2,1H3. The number of anilines is 2. The Balaban J connectivity index is 1.38. The van der Waals surface area contributed by atoms with Crippen LogP contribution in [-0.4, -0.2) is 39.7 Å². The van der Waals surface area contributed by atoms with Crippen molar-refractivity contribution in [2.45, 2.75) is 25.6 Å². The zero-order valence-corrected chi connectivity index (χ0v) is 16.4. The van der Waals surface area contributed by atoms with Gasteiger partial charge in [-0.25, -0.2) is 0 Å². The minimum Gasteiger partial charge on any atom is -0.495 e. The van der Waals surface area contributed by atoms with Crippen LogP contribution in [0.3, 0.4) is 0 Å². The zero-order chi connectivity index (χ0) is 20.5. The van der Waals surface area contributed by atoms with Gasteiger partial charge in [0.15, 0.2) is 0 Å². The number of benzene rings is 2. The first-order valence-electron chi connectivity index (χ1n) is 9.86. The molecule has 4 rings (SSSR count). The molecule has 0 amide bonds. The largest absolute Gasteiger partial charge is 0.573 e. The number of alkyl halides is 3. The van der Waals surface area contributed by atoms with E-state index < -0.39 is 6.36 Å². The first kappa shape index (κ1) is 19.7. The number of para-hydroxylation sites is 2. The molecule has 0 atom stereocenters. The van der Waals surface area contributed by atoms with Gasteiger partial charge in [-0.3, -0.25) is 0 Å². The molecule has 2 fully saturated rings. The van der Waals surface area contributed by atoms with Crippen LogP contribution in [0.4, 0.5) is 24.5 Å². The molecule has 2 aliphatic heterocycles. The third-order valence-electron chi connectivity index (χ3n) is 6.12. The highest BCUT2D eigenvalue weighted by molar-refractivity contribution is 5.59. The number of hydrogen-bond donors (Lipinski definition) is 0. The highest BCUT2D eigenvalue weighted by Crippen LogP contribution is 2.44. The van der Waals surface area contributed by atoms with Crippen molar-refractivity contribution >= 4 is 11.4 Å². The highest BCUT2D eigenvalue weighted by Gasteiger charge is 2.41. The molecule has 7 heteroatoms. The average molecular weight is 406 g/mol. The summed E-state index contributed by atoms with van der Waals surface area (Å²) in [7, 11) is 1.70. The van der Waals surface area contributed by atoms with Gasteiger partial charge in [0.25, 0.3) is 0 Å². The summed E-state index contributed by atoms with van der Waals surface area (Å²) in [5.41, 5.74) is 2.35. The lowest BCUT2D eigenvalue weighted by molar-refractivity contribution is -0.274. The van der Waals surface area contributed by atoms with Gasteiger partial charge in [-0.2, -0.15) is 0 Å². The number of rotatable bonds is 4. The van der Waals surface area contributed by atoms with Crippen molar-refractivity contribution in [3.63, 3.8) is 0 Å². The Morgan fingerprint density at radius 3 is 2.10 bits per heavy atom. The number of ether oxygens (including phenoxy) is 2. The van der Waals surface area contributed by atoms with Gasteiger partial charge in [0.05, 0.1) is 12.8 Å². The van der Waals surface area contributed by atoms with E-state index >= 15 is 0 Å². The molecule has 0 saturated carbocycles. The van der Waals surface area contributed by atoms with Crippen LogP contribution in [0.1, 0.15) is 19.3 Å². The fraction of sp³-hybridized carbons (Fsp3) is 0.455. The molecule has 1 spiro atoms. The predicted octanol–water partition coefficient (Wildman–Crippen LogP) is 5.09. The first-order valence-corrected chi connectivity index (χ1v) is 9.86. The van der Waals surface area contributed by atoms with Crippen LogP contribution < -0.4 is 19.3 Å². The van der Waals surface area contributed by atoms with Crippen LogP contribution >= 0.6 is 0 Å². The Morgan fingerprint density at radius 1 is 0.862 bits per heavy atom. The SMILES string of the molecule is COc1ccccc1N1CCC2(CCN(c3ccc(OC(F)(F)F)cc3)C2)CC1. The summed E-state index contributed by atoms with van der Waals surface area (Å²) in [6, 6.07) is 14.3. The number of methoxy groups -OCH3 is 1. The lowest BCUT2D eigenvalue weighted by Crippen LogP contribution is -2.41. The Hall–Kier alpha value is -2.57. The van der Waals surface area contributed by atoms with E-state index in [-0.39, 0.29) is 11.2 Å². The third kappa shape index (κ3) is 4.38. The van der Waals surface area contributed by atoms with E-state index in [2.05, 4.69) is 20.6 Å². The fourth-order valence-corrected chi connectivity index (χ4v) is 4.54. The summed E-state index contributed by atoms with van der Waals surface area (Å²) in [6.45, 7) is 3.82. The molecular weight excluding hydrogens is 381 g/mol. The highest BCUT2D eigenvalue weighted by atomic mass is 19.4. The van der Waals surface area contributed by atoms with Crippen molar-refractivity contribution < 1.29 is 22.6 Å². The molecule has 4 nitrogen and oxygen atoms in total. The molecule has 2 saturated heterocycles. The number of halogens is 3. The normalized spacial score (nSPS) is 18.9. The maximum atomic E-state index is 12.3. The van der Waals surface area contributed by atoms with Crippen molar-refractivity contribution in [3.8, 4) is 11.5 Å². The number of hydrogen-bond acceptors (Lipinski definition) is 4. The van der Waals surface area contributed by atoms with E-state index in [1.807, 2.05) is 18.2 Å². The summed E-state index contributed by atoms with van der Waals surface area (Å²) in [6.07, 6.45) is -1.37. The number of piperidine rings is 1. The second kappa shape index (κ2) is 7.69. The van der Waals surface area contributed by atoms with Crippen LogP contribution in [0, 0.1) is 5.41 Å². The topological polar surface area (TPSA) is 24.9 Å². The van der Waals surface area contributed by atoms with Crippen molar-refractivity contribution in [2.24, 2.45) is 5.41 Å². The van der Waals surface area contributed by atoms with Gasteiger partial charge in [0, 0.05) is 31.9 Å². The van der Waals surface area contributed by atoms with E-state index in [0.717, 1.165) is 62.6 Å². The van der Waals surface area contributed by atoms with E-state index in [1.165, 1.54) is 12.1 Å². The third-order valence-corrected chi connectivity index (χ3v) is 6.12. The van der Waals surface area contributed by atoms with Crippen molar-refractivity contribution in [3.05, 3.63) is 48.5 Å². The summed E-state index contributed by atoms with van der Waals surface area (Å²) < 4.78 is 46.5. The molecule has 2 heterocycles. The minimum absolute atomic E-state index is 0.180. The van der Waals surface area contributed by atoms with Crippen LogP contribution in [0.25, 0.3) is 0 Å². The molecule has 29 heavy (non-hydrogen) atoms. The second-order valence-electron chi connectivity index (χ2n) is 7.87. The van der Waals surface area contributed by atoms with Gasteiger partial charge in [0.1, 0.15) is 11.5 Å². The predicted molar refractivity (Wildman–Crippen MR) is 107 cm³/mol. The Labute approximate surface area is 168 Å². The Morgan fingerprint density at radius 2 is 1.48 bits per heavy atom. The van der Waals surface area contributed by atoms with Crippen LogP contribution in [-0.2, 0) is 0 Å². The van der Waals surface area contributed by atoms with E-state index in [1.54, 1.807) is 19.2 Å². The molecule has 2 aliphatic rings. The first-order chi connectivity index (χ1) is 13.9. The molecule has 0 radical (unpaired) electrons. The monoisotopic (exact) mass is 406 g/mol. The van der Waals surface area contributed by atoms with Gasteiger partial charge in [-0.15, -0.1) is 13.2 Å². The molecule has 0 bridgehead atoms. The Bertz CT molecular complexity index is 831. The van der Waals surface area contributed by atoms with Gasteiger partial charge < -0.3 is 19.3 Å². The fourth-order valence-electron chi connectivity index (χ4n) is 4.54. The lowest BCUT2D eigenvalue weighted by Gasteiger charge is -2.40. The second-order valence-corrected chi connectivity index (χ2v) is 7.87. The molecule has 156 valence electrons. The van der Waals surface area contributed by atoms with Gasteiger partial charge in [0.2, 0.25) is 0 Å². The lowest BCUT2D eigenvalue weighted by atomic mass is 9.77. The molecule has 0 unspecified atom stereocenters.